The monoisotopic (exact) mass is 260 g/mol. The number of nitrogens with two attached hydrogens (primary N) is 1. The van der Waals surface area contributed by atoms with Crippen LogP contribution in [0.15, 0.2) is 42.7 Å². The molecule has 1 aliphatic rings. The van der Waals surface area contributed by atoms with Crippen LogP contribution in [0, 0.1) is 0 Å². The Bertz CT molecular complexity index is 559. The number of fused-ring (bicyclic) bond motifs is 1. The van der Waals surface area contributed by atoms with Crippen molar-refractivity contribution in [2.75, 3.05) is 0 Å². The Morgan fingerprint density at radius 2 is 2.22 bits per heavy atom. The standard InChI is InChI=1S/C14H13ClN2O/c15-10-3-4-13-11(6-10)12(16)7-14(18-13)9-2-1-5-17-8-9/h1-6,8,12,14H,7,16H2/t12-,14?/m0/s1. The minimum Gasteiger partial charge on any atom is -0.485 e. The highest BCUT2D eigenvalue weighted by atomic mass is 35.5. The lowest BCUT2D eigenvalue weighted by molar-refractivity contribution is 0.161. The van der Waals surface area contributed by atoms with Crippen LogP contribution in [-0.2, 0) is 0 Å². The van der Waals surface area contributed by atoms with E-state index in [-0.39, 0.29) is 12.1 Å². The predicted octanol–water partition coefficient (Wildman–Crippen LogP) is 3.26. The van der Waals surface area contributed by atoms with Crippen LogP contribution < -0.4 is 10.5 Å². The van der Waals surface area contributed by atoms with Crippen LogP contribution in [0.25, 0.3) is 0 Å². The number of hydrogen-bond acceptors (Lipinski definition) is 3. The summed E-state index contributed by atoms with van der Waals surface area (Å²) in [4.78, 5) is 4.11. The van der Waals surface area contributed by atoms with Crippen molar-refractivity contribution in [2.24, 2.45) is 5.73 Å². The molecule has 2 aromatic rings. The minimum atomic E-state index is -0.0577. The van der Waals surface area contributed by atoms with Gasteiger partial charge in [0.15, 0.2) is 0 Å². The fourth-order valence-electron chi connectivity index (χ4n) is 2.25. The normalized spacial score (nSPS) is 22.1. The van der Waals surface area contributed by atoms with Gasteiger partial charge in [-0.3, -0.25) is 4.98 Å². The summed E-state index contributed by atoms with van der Waals surface area (Å²) in [6.07, 6.45) is 4.26. The van der Waals surface area contributed by atoms with Crippen molar-refractivity contribution in [1.29, 1.82) is 0 Å². The molecule has 4 heteroatoms. The van der Waals surface area contributed by atoms with Gasteiger partial charge in [0.05, 0.1) is 0 Å². The summed E-state index contributed by atoms with van der Waals surface area (Å²) in [7, 11) is 0. The Morgan fingerprint density at radius 1 is 1.33 bits per heavy atom. The number of hydrogen-bond donors (Lipinski definition) is 1. The zero-order chi connectivity index (χ0) is 12.5. The maximum Gasteiger partial charge on any atom is 0.127 e. The van der Waals surface area contributed by atoms with Gasteiger partial charge in [-0.25, -0.2) is 0 Å². The molecular weight excluding hydrogens is 248 g/mol. The van der Waals surface area contributed by atoms with Gasteiger partial charge < -0.3 is 10.5 Å². The molecule has 0 radical (unpaired) electrons. The molecule has 92 valence electrons. The molecule has 3 rings (SSSR count). The quantitative estimate of drug-likeness (QED) is 0.856. The SMILES string of the molecule is N[C@H]1CC(c2cccnc2)Oc2ccc(Cl)cc21. The van der Waals surface area contributed by atoms with Crippen molar-refractivity contribution in [3.63, 3.8) is 0 Å². The van der Waals surface area contributed by atoms with E-state index >= 15 is 0 Å². The molecular formula is C14H13ClN2O. The van der Waals surface area contributed by atoms with Crippen LogP contribution in [0.3, 0.4) is 0 Å². The second-order valence-electron chi connectivity index (χ2n) is 4.42. The molecule has 2 atom stereocenters. The van der Waals surface area contributed by atoms with Gasteiger partial charge in [-0.15, -0.1) is 0 Å². The summed E-state index contributed by atoms with van der Waals surface area (Å²) in [6.45, 7) is 0. The zero-order valence-electron chi connectivity index (χ0n) is 9.71. The third kappa shape index (κ3) is 2.07. The summed E-state index contributed by atoms with van der Waals surface area (Å²) >= 11 is 5.97. The second kappa shape index (κ2) is 4.59. The van der Waals surface area contributed by atoms with Gasteiger partial charge in [-0.2, -0.15) is 0 Å². The lowest BCUT2D eigenvalue weighted by Gasteiger charge is -2.30. The molecule has 0 aliphatic carbocycles. The first-order chi connectivity index (χ1) is 8.74. The first kappa shape index (κ1) is 11.5. The van der Waals surface area contributed by atoms with E-state index < -0.39 is 0 Å². The highest BCUT2D eigenvalue weighted by molar-refractivity contribution is 6.30. The van der Waals surface area contributed by atoms with Gasteiger partial charge >= 0.3 is 0 Å². The highest BCUT2D eigenvalue weighted by Crippen LogP contribution is 2.40. The Labute approximate surface area is 111 Å². The summed E-state index contributed by atoms with van der Waals surface area (Å²) < 4.78 is 5.96. The van der Waals surface area contributed by atoms with E-state index in [9.17, 15) is 0 Å². The van der Waals surface area contributed by atoms with Crippen LogP contribution in [0.1, 0.15) is 29.7 Å². The van der Waals surface area contributed by atoms with Crippen LogP contribution in [-0.4, -0.2) is 4.98 Å². The molecule has 0 bridgehead atoms. The van der Waals surface area contributed by atoms with Gasteiger partial charge in [0, 0.05) is 41.0 Å². The van der Waals surface area contributed by atoms with E-state index in [4.69, 9.17) is 22.1 Å². The van der Waals surface area contributed by atoms with Gasteiger partial charge in [-0.1, -0.05) is 17.7 Å². The Kier molecular flexibility index (Phi) is 2.94. The third-order valence-corrected chi connectivity index (χ3v) is 3.40. The Morgan fingerprint density at radius 3 is 3.00 bits per heavy atom. The van der Waals surface area contributed by atoms with E-state index in [0.29, 0.717) is 5.02 Å². The number of rotatable bonds is 1. The molecule has 3 nitrogen and oxygen atoms in total. The zero-order valence-corrected chi connectivity index (χ0v) is 10.5. The molecule has 2 heterocycles. The molecule has 1 aromatic carbocycles. The van der Waals surface area contributed by atoms with Crippen LogP contribution in [0.2, 0.25) is 5.02 Å². The lowest BCUT2D eigenvalue weighted by atomic mass is 9.94. The number of benzene rings is 1. The molecule has 1 unspecified atom stereocenters. The van der Waals surface area contributed by atoms with Crippen LogP contribution >= 0.6 is 11.6 Å². The molecule has 0 fully saturated rings. The van der Waals surface area contributed by atoms with Crippen molar-refractivity contribution in [3.8, 4) is 5.75 Å². The summed E-state index contributed by atoms with van der Waals surface area (Å²) in [6, 6.07) is 9.42. The molecule has 2 N–H and O–H groups in total. The molecule has 1 aliphatic heterocycles. The number of nitrogens with zero attached hydrogens (tertiary/aromatic N) is 1. The number of ether oxygens (including phenoxy) is 1. The molecule has 0 spiro atoms. The van der Waals surface area contributed by atoms with E-state index in [1.807, 2.05) is 36.5 Å². The van der Waals surface area contributed by atoms with E-state index in [2.05, 4.69) is 4.98 Å². The van der Waals surface area contributed by atoms with Crippen LogP contribution in [0.5, 0.6) is 5.75 Å². The van der Waals surface area contributed by atoms with Crippen LogP contribution in [0.4, 0.5) is 0 Å². The molecule has 0 saturated heterocycles. The molecule has 0 saturated carbocycles. The first-order valence-corrected chi connectivity index (χ1v) is 6.23. The maximum atomic E-state index is 6.18. The third-order valence-electron chi connectivity index (χ3n) is 3.16. The van der Waals surface area contributed by atoms with E-state index in [0.717, 1.165) is 23.3 Å². The van der Waals surface area contributed by atoms with E-state index in [1.165, 1.54) is 0 Å². The predicted molar refractivity (Wildman–Crippen MR) is 70.6 cm³/mol. The maximum absolute atomic E-state index is 6.18. The van der Waals surface area contributed by atoms with Crippen molar-refractivity contribution >= 4 is 11.6 Å². The Balaban J connectivity index is 1.95. The van der Waals surface area contributed by atoms with Crippen molar-refractivity contribution in [2.45, 2.75) is 18.6 Å². The summed E-state index contributed by atoms with van der Waals surface area (Å²) in [5.41, 5.74) is 8.21. The molecule has 0 amide bonds. The van der Waals surface area contributed by atoms with Crippen molar-refractivity contribution in [3.05, 3.63) is 58.9 Å². The van der Waals surface area contributed by atoms with E-state index in [1.54, 1.807) is 6.20 Å². The summed E-state index contributed by atoms with van der Waals surface area (Å²) in [5.74, 6) is 0.812. The smallest absolute Gasteiger partial charge is 0.127 e. The Hall–Kier alpha value is -1.58. The molecule has 18 heavy (non-hydrogen) atoms. The number of pyridine rings is 1. The topological polar surface area (TPSA) is 48.1 Å². The number of halogens is 1. The fourth-order valence-corrected chi connectivity index (χ4v) is 2.43. The first-order valence-electron chi connectivity index (χ1n) is 5.85. The van der Waals surface area contributed by atoms with Crippen molar-refractivity contribution < 1.29 is 4.74 Å². The minimum absolute atomic E-state index is 0.0395. The van der Waals surface area contributed by atoms with Gasteiger partial charge in [0.25, 0.3) is 0 Å². The van der Waals surface area contributed by atoms with Gasteiger partial charge in [0.2, 0.25) is 0 Å². The average Bonchev–Trinajstić information content (AvgIpc) is 2.40. The lowest BCUT2D eigenvalue weighted by Crippen LogP contribution is -2.24. The largest absolute Gasteiger partial charge is 0.485 e. The number of aromatic nitrogens is 1. The van der Waals surface area contributed by atoms with Gasteiger partial charge in [-0.05, 0) is 24.3 Å². The highest BCUT2D eigenvalue weighted by Gasteiger charge is 2.27. The average molecular weight is 261 g/mol. The fraction of sp³-hybridized carbons (Fsp3) is 0.214. The molecule has 1 aromatic heterocycles. The second-order valence-corrected chi connectivity index (χ2v) is 4.85. The summed E-state index contributed by atoms with van der Waals surface area (Å²) in [5, 5.41) is 0.688. The van der Waals surface area contributed by atoms with Crippen molar-refractivity contribution in [1.82, 2.24) is 4.98 Å². The van der Waals surface area contributed by atoms with Gasteiger partial charge in [0.1, 0.15) is 11.9 Å².